The lowest BCUT2D eigenvalue weighted by Gasteiger charge is -2.26. The third kappa shape index (κ3) is 2.93. The number of hydrazine groups is 1. The molecular weight excluding hydrogens is 306 g/mol. The summed E-state index contributed by atoms with van der Waals surface area (Å²) in [6.45, 7) is 4.05. The van der Waals surface area contributed by atoms with Crippen LogP contribution in [-0.4, -0.2) is 27.9 Å². The van der Waals surface area contributed by atoms with Crippen LogP contribution in [-0.2, 0) is 4.79 Å². The summed E-state index contributed by atoms with van der Waals surface area (Å²) < 4.78 is 0. The first-order chi connectivity index (χ1) is 11.0. The van der Waals surface area contributed by atoms with Gasteiger partial charge >= 0.3 is 0 Å². The third-order valence-corrected chi connectivity index (χ3v) is 4.80. The van der Waals surface area contributed by atoms with E-state index < -0.39 is 5.54 Å². The Morgan fingerprint density at radius 3 is 2.74 bits per heavy atom. The Hall–Kier alpha value is -2.01. The average Bonchev–Trinajstić information content (AvgIpc) is 2.81. The fourth-order valence-electron chi connectivity index (χ4n) is 2.82. The minimum Gasteiger partial charge on any atom is -0.289 e. The van der Waals surface area contributed by atoms with Gasteiger partial charge in [0.05, 0.1) is 5.69 Å². The van der Waals surface area contributed by atoms with E-state index in [-0.39, 0.29) is 5.91 Å². The summed E-state index contributed by atoms with van der Waals surface area (Å²) in [5.74, 6) is 0.388. The molecule has 2 aliphatic rings. The molecule has 5 heteroatoms. The minimum atomic E-state index is -0.856. The number of nitrogens with zero attached hydrogens (tertiary/aromatic N) is 2. The van der Waals surface area contributed by atoms with E-state index in [1.54, 1.807) is 5.01 Å². The molecule has 1 aliphatic carbocycles. The van der Waals surface area contributed by atoms with E-state index in [1.807, 2.05) is 49.6 Å². The smallest absolute Gasteiger partial charge is 0.279 e. The zero-order chi connectivity index (χ0) is 16.4. The maximum atomic E-state index is 13.1. The zero-order valence-corrected chi connectivity index (χ0v) is 14.4. The van der Waals surface area contributed by atoms with Crippen LogP contribution in [0.1, 0.15) is 20.3 Å². The van der Waals surface area contributed by atoms with Gasteiger partial charge < -0.3 is 0 Å². The second-order valence-electron chi connectivity index (χ2n) is 6.03. The summed E-state index contributed by atoms with van der Waals surface area (Å²) >= 11 is 1.47. The van der Waals surface area contributed by atoms with E-state index in [4.69, 9.17) is 4.99 Å². The Morgan fingerprint density at radius 1 is 1.35 bits per heavy atom. The van der Waals surface area contributed by atoms with Gasteiger partial charge in [-0.25, -0.2) is 4.99 Å². The average molecular weight is 327 g/mol. The second-order valence-corrected chi connectivity index (χ2v) is 6.80. The number of thioether (sulfide) groups is 1. The molecular formula is C18H21N3OS. The quantitative estimate of drug-likeness (QED) is 0.917. The highest BCUT2D eigenvalue weighted by molar-refractivity contribution is 8.13. The standard InChI is InChI=1S/C18H21N3OS/c1-13-8-7-9-14(12-13)18(2)16(22)21(17(19-18)23-3)20-15-10-5-4-6-11-15/h4-7,9-13,20H,8H2,1-3H3/t13?,18-/m0/s1. The lowest BCUT2D eigenvalue weighted by molar-refractivity contribution is -0.128. The molecule has 120 valence electrons. The Balaban J connectivity index is 1.92. The van der Waals surface area contributed by atoms with Crippen molar-refractivity contribution in [2.24, 2.45) is 10.9 Å². The van der Waals surface area contributed by atoms with Gasteiger partial charge in [0, 0.05) is 0 Å². The molecule has 0 fully saturated rings. The van der Waals surface area contributed by atoms with Crippen molar-refractivity contribution in [3.63, 3.8) is 0 Å². The molecule has 1 aromatic carbocycles. The van der Waals surface area contributed by atoms with Gasteiger partial charge in [-0.1, -0.05) is 55.1 Å². The van der Waals surface area contributed by atoms with Crippen LogP contribution in [0.25, 0.3) is 0 Å². The predicted molar refractivity (Wildman–Crippen MR) is 97.3 cm³/mol. The molecule has 0 saturated carbocycles. The number of anilines is 1. The summed E-state index contributed by atoms with van der Waals surface area (Å²) in [4.78, 5) is 17.8. The summed E-state index contributed by atoms with van der Waals surface area (Å²) in [5.41, 5.74) is 4.17. The molecule has 1 aromatic rings. The molecule has 0 bridgehead atoms. The first-order valence-corrected chi connectivity index (χ1v) is 8.96. The first kappa shape index (κ1) is 15.9. The molecule has 1 unspecified atom stereocenters. The van der Waals surface area contributed by atoms with E-state index in [0.29, 0.717) is 11.1 Å². The number of benzene rings is 1. The fraction of sp³-hybridized carbons (Fsp3) is 0.333. The summed E-state index contributed by atoms with van der Waals surface area (Å²) in [6, 6.07) is 9.69. The number of nitrogens with one attached hydrogen (secondary N) is 1. The Labute approximate surface area is 141 Å². The number of amidine groups is 1. The molecule has 0 aromatic heterocycles. The summed E-state index contributed by atoms with van der Waals surface area (Å²) in [5, 5.41) is 2.25. The van der Waals surface area contributed by atoms with Gasteiger partial charge in [-0.05, 0) is 43.2 Å². The molecule has 1 aliphatic heterocycles. The summed E-state index contributed by atoms with van der Waals surface area (Å²) in [6.07, 6.45) is 9.26. The number of para-hydroxylation sites is 1. The van der Waals surface area contributed by atoms with Crippen LogP contribution < -0.4 is 5.43 Å². The lowest BCUT2D eigenvalue weighted by Crippen LogP contribution is -2.44. The predicted octanol–water partition coefficient (Wildman–Crippen LogP) is 3.86. The van der Waals surface area contributed by atoms with Crippen LogP contribution in [0, 0.1) is 5.92 Å². The van der Waals surface area contributed by atoms with Crippen molar-refractivity contribution >= 4 is 28.5 Å². The maximum Gasteiger partial charge on any atom is 0.279 e. The van der Waals surface area contributed by atoms with E-state index in [1.165, 1.54) is 11.8 Å². The molecule has 1 amide bonds. The van der Waals surface area contributed by atoms with Crippen LogP contribution >= 0.6 is 11.8 Å². The van der Waals surface area contributed by atoms with Gasteiger partial charge in [0.2, 0.25) is 0 Å². The minimum absolute atomic E-state index is 0.0456. The normalized spacial score (nSPS) is 27.0. The van der Waals surface area contributed by atoms with Crippen molar-refractivity contribution in [1.29, 1.82) is 0 Å². The number of aliphatic imine (C=N–C) groups is 1. The molecule has 1 heterocycles. The van der Waals surface area contributed by atoms with Crippen molar-refractivity contribution in [3.05, 3.63) is 54.1 Å². The molecule has 0 saturated heterocycles. The summed E-state index contributed by atoms with van der Waals surface area (Å²) in [7, 11) is 0. The Bertz CT molecular complexity index is 695. The fourth-order valence-corrected chi connectivity index (χ4v) is 3.41. The lowest BCUT2D eigenvalue weighted by atomic mass is 9.85. The number of allylic oxidation sites excluding steroid dienone is 2. The number of carbonyl (C=O) groups excluding carboxylic acids is 1. The number of rotatable bonds is 3. The van der Waals surface area contributed by atoms with Gasteiger partial charge in [0.25, 0.3) is 5.91 Å². The van der Waals surface area contributed by atoms with Crippen molar-refractivity contribution < 1.29 is 4.79 Å². The van der Waals surface area contributed by atoms with Crippen molar-refractivity contribution in [1.82, 2.24) is 5.01 Å². The molecule has 0 spiro atoms. The highest BCUT2D eigenvalue weighted by atomic mass is 32.2. The van der Waals surface area contributed by atoms with Gasteiger partial charge in [0.1, 0.15) is 0 Å². The highest BCUT2D eigenvalue weighted by Gasteiger charge is 2.47. The van der Waals surface area contributed by atoms with Gasteiger partial charge in [-0.15, -0.1) is 0 Å². The van der Waals surface area contributed by atoms with Crippen LogP contribution in [0.15, 0.2) is 59.1 Å². The maximum absolute atomic E-state index is 13.1. The van der Waals surface area contributed by atoms with Crippen LogP contribution in [0.2, 0.25) is 0 Å². The van der Waals surface area contributed by atoms with E-state index in [9.17, 15) is 4.79 Å². The topological polar surface area (TPSA) is 44.7 Å². The SMILES string of the molecule is CSC1=N[C@@](C)(C2=CC(C)CC=C2)C(=O)N1Nc1ccccc1. The number of hydrogen-bond donors (Lipinski definition) is 1. The number of amides is 1. The third-order valence-electron chi connectivity index (χ3n) is 4.16. The van der Waals surface area contributed by atoms with E-state index in [0.717, 1.165) is 17.7 Å². The molecule has 4 nitrogen and oxygen atoms in total. The molecule has 3 rings (SSSR count). The van der Waals surface area contributed by atoms with Crippen molar-refractivity contribution in [3.8, 4) is 0 Å². The van der Waals surface area contributed by atoms with Gasteiger partial charge in [0.15, 0.2) is 10.7 Å². The van der Waals surface area contributed by atoms with Crippen LogP contribution in [0.4, 0.5) is 5.69 Å². The molecule has 23 heavy (non-hydrogen) atoms. The van der Waals surface area contributed by atoms with Crippen molar-refractivity contribution in [2.75, 3.05) is 11.7 Å². The Kier molecular flexibility index (Phi) is 4.31. The number of hydrogen-bond acceptors (Lipinski definition) is 4. The Morgan fingerprint density at radius 2 is 2.09 bits per heavy atom. The molecule has 2 atom stereocenters. The molecule has 1 N–H and O–H groups in total. The first-order valence-electron chi connectivity index (χ1n) is 7.73. The second kappa shape index (κ2) is 6.24. The van der Waals surface area contributed by atoms with E-state index in [2.05, 4.69) is 24.5 Å². The van der Waals surface area contributed by atoms with Crippen LogP contribution in [0.5, 0.6) is 0 Å². The molecule has 0 radical (unpaired) electrons. The number of carbonyl (C=O) groups is 1. The largest absolute Gasteiger partial charge is 0.289 e. The van der Waals surface area contributed by atoms with Gasteiger partial charge in [-0.2, -0.15) is 5.01 Å². The highest BCUT2D eigenvalue weighted by Crippen LogP contribution is 2.36. The zero-order valence-electron chi connectivity index (χ0n) is 13.6. The monoisotopic (exact) mass is 327 g/mol. The van der Waals surface area contributed by atoms with E-state index >= 15 is 0 Å². The van der Waals surface area contributed by atoms with Crippen LogP contribution in [0.3, 0.4) is 0 Å². The van der Waals surface area contributed by atoms with Crippen molar-refractivity contribution in [2.45, 2.75) is 25.8 Å². The van der Waals surface area contributed by atoms with Gasteiger partial charge in [-0.3, -0.25) is 10.2 Å².